The molecule has 2 N–H and O–H groups in total. The van der Waals surface area contributed by atoms with Crippen molar-refractivity contribution in [3.05, 3.63) is 65.7 Å². The summed E-state index contributed by atoms with van der Waals surface area (Å²) in [5.41, 5.74) is 9.77. The quantitative estimate of drug-likeness (QED) is 0.888. The Hall–Kier alpha value is -1.80. The van der Waals surface area contributed by atoms with Crippen LogP contribution in [0.5, 0.6) is 0 Å². The number of aryl methyl sites for hydroxylation is 1. The van der Waals surface area contributed by atoms with Crippen molar-refractivity contribution >= 4 is 5.69 Å². The van der Waals surface area contributed by atoms with Crippen LogP contribution in [0.1, 0.15) is 17.0 Å². The number of rotatable bonds is 5. The zero-order chi connectivity index (χ0) is 13.7. The molecule has 0 amide bonds. The lowest BCUT2D eigenvalue weighted by atomic mass is 9.98. The van der Waals surface area contributed by atoms with Gasteiger partial charge in [-0.2, -0.15) is 0 Å². The zero-order valence-electron chi connectivity index (χ0n) is 11.7. The molecule has 0 fully saturated rings. The molecular weight excluding hydrogens is 232 g/mol. The number of nitrogens with zero attached hydrogens (tertiary/aromatic N) is 1. The molecule has 0 aliphatic carbocycles. The smallest absolute Gasteiger partial charge is 0.0366 e. The van der Waals surface area contributed by atoms with Gasteiger partial charge in [-0.05, 0) is 30.2 Å². The van der Waals surface area contributed by atoms with Crippen LogP contribution in [0.25, 0.3) is 0 Å². The first kappa shape index (κ1) is 13.6. The summed E-state index contributed by atoms with van der Waals surface area (Å²) in [6, 6.07) is 19.1. The number of benzene rings is 2. The van der Waals surface area contributed by atoms with E-state index in [0.29, 0.717) is 12.5 Å². The van der Waals surface area contributed by atoms with Crippen LogP contribution in [0, 0.1) is 6.92 Å². The summed E-state index contributed by atoms with van der Waals surface area (Å²) in [6.07, 6.45) is 0. The molecule has 2 nitrogen and oxygen atoms in total. The molecule has 2 heteroatoms. The molecule has 19 heavy (non-hydrogen) atoms. The number of hydrogen-bond donors (Lipinski definition) is 1. The van der Waals surface area contributed by atoms with Gasteiger partial charge < -0.3 is 10.6 Å². The minimum absolute atomic E-state index is 0.367. The third-order valence-corrected chi connectivity index (χ3v) is 3.49. The van der Waals surface area contributed by atoms with Crippen molar-refractivity contribution in [3.63, 3.8) is 0 Å². The molecule has 0 radical (unpaired) electrons. The van der Waals surface area contributed by atoms with E-state index in [1.807, 2.05) is 6.07 Å². The van der Waals surface area contributed by atoms with E-state index in [-0.39, 0.29) is 0 Å². The monoisotopic (exact) mass is 254 g/mol. The Morgan fingerprint density at radius 1 is 1.05 bits per heavy atom. The lowest BCUT2D eigenvalue weighted by molar-refractivity contribution is 0.681. The molecule has 1 atom stereocenters. The third kappa shape index (κ3) is 3.58. The van der Waals surface area contributed by atoms with Crippen LogP contribution in [0.4, 0.5) is 5.69 Å². The van der Waals surface area contributed by atoms with E-state index in [0.717, 1.165) is 6.54 Å². The van der Waals surface area contributed by atoms with Crippen LogP contribution in [-0.2, 0) is 0 Å². The Balaban J connectivity index is 2.10. The Kier molecular flexibility index (Phi) is 4.58. The molecule has 0 aromatic heterocycles. The fourth-order valence-corrected chi connectivity index (χ4v) is 2.34. The van der Waals surface area contributed by atoms with Crippen molar-refractivity contribution in [3.8, 4) is 0 Å². The number of likely N-dealkylation sites (N-methyl/N-ethyl adjacent to an activating group) is 1. The Labute approximate surface area is 115 Å². The fourth-order valence-electron chi connectivity index (χ4n) is 2.34. The van der Waals surface area contributed by atoms with Crippen molar-refractivity contribution in [1.82, 2.24) is 0 Å². The van der Waals surface area contributed by atoms with Gasteiger partial charge in [0.15, 0.2) is 0 Å². The number of hydrogen-bond acceptors (Lipinski definition) is 2. The molecule has 0 aliphatic heterocycles. The van der Waals surface area contributed by atoms with Crippen molar-refractivity contribution in [2.24, 2.45) is 5.73 Å². The number of nitrogens with two attached hydrogens (primary N) is 1. The van der Waals surface area contributed by atoms with E-state index in [1.54, 1.807) is 0 Å². The Morgan fingerprint density at radius 3 is 2.42 bits per heavy atom. The maximum Gasteiger partial charge on any atom is 0.0366 e. The van der Waals surface area contributed by atoms with Gasteiger partial charge >= 0.3 is 0 Å². The van der Waals surface area contributed by atoms with Gasteiger partial charge in [0.25, 0.3) is 0 Å². The van der Waals surface area contributed by atoms with Gasteiger partial charge in [0.2, 0.25) is 0 Å². The van der Waals surface area contributed by atoms with Gasteiger partial charge in [-0.15, -0.1) is 0 Å². The minimum atomic E-state index is 0.367. The van der Waals surface area contributed by atoms with E-state index >= 15 is 0 Å². The van der Waals surface area contributed by atoms with E-state index in [1.165, 1.54) is 16.8 Å². The highest BCUT2D eigenvalue weighted by Gasteiger charge is 2.12. The topological polar surface area (TPSA) is 29.3 Å². The molecule has 2 aromatic carbocycles. The summed E-state index contributed by atoms with van der Waals surface area (Å²) in [5, 5.41) is 0. The van der Waals surface area contributed by atoms with Crippen LogP contribution >= 0.6 is 0 Å². The second-order valence-electron chi connectivity index (χ2n) is 5.06. The van der Waals surface area contributed by atoms with Gasteiger partial charge in [0, 0.05) is 31.7 Å². The summed E-state index contributed by atoms with van der Waals surface area (Å²) in [6.45, 7) is 3.72. The summed E-state index contributed by atoms with van der Waals surface area (Å²) in [4.78, 5) is 2.28. The number of anilines is 1. The summed E-state index contributed by atoms with van der Waals surface area (Å²) < 4.78 is 0. The molecule has 0 bridgehead atoms. The van der Waals surface area contributed by atoms with Crippen molar-refractivity contribution < 1.29 is 0 Å². The van der Waals surface area contributed by atoms with Crippen molar-refractivity contribution in [2.45, 2.75) is 12.8 Å². The second kappa shape index (κ2) is 6.39. The van der Waals surface area contributed by atoms with Crippen LogP contribution in [-0.4, -0.2) is 20.1 Å². The molecule has 2 rings (SSSR count). The molecule has 0 saturated heterocycles. The zero-order valence-corrected chi connectivity index (χ0v) is 11.7. The predicted octanol–water partition coefficient (Wildman–Crippen LogP) is 3.17. The van der Waals surface area contributed by atoms with E-state index in [2.05, 4.69) is 67.4 Å². The largest absolute Gasteiger partial charge is 0.374 e. The Morgan fingerprint density at radius 2 is 1.79 bits per heavy atom. The maximum atomic E-state index is 5.93. The summed E-state index contributed by atoms with van der Waals surface area (Å²) >= 11 is 0. The molecule has 1 unspecified atom stereocenters. The van der Waals surface area contributed by atoms with Crippen LogP contribution < -0.4 is 10.6 Å². The lowest BCUT2D eigenvalue weighted by Gasteiger charge is -2.25. The first-order valence-electron chi connectivity index (χ1n) is 6.73. The molecule has 0 aliphatic rings. The maximum absolute atomic E-state index is 5.93. The van der Waals surface area contributed by atoms with Gasteiger partial charge in [-0.25, -0.2) is 0 Å². The average Bonchev–Trinajstić information content (AvgIpc) is 2.45. The molecule has 0 heterocycles. The highest BCUT2D eigenvalue weighted by atomic mass is 15.1. The average molecular weight is 254 g/mol. The standard InChI is InChI=1S/C17H22N2/c1-14-7-6-10-17(11-14)19(2)13-16(12-18)15-8-4-3-5-9-15/h3-11,16H,12-13,18H2,1-2H3. The van der Waals surface area contributed by atoms with Gasteiger partial charge in [-0.3, -0.25) is 0 Å². The molecule has 2 aromatic rings. The highest BCUT2D eigenvalue weighted by molar-refractivity contribution is 5.48. The summed E-state index contributed by atoms with van der Waals surface area (Å²) in [5.74, 6) is 0.367. The van der Waals surface area contributed by atoms with Crippen molar-refractivity contribution in [1.29, 1.82) is 0 Å². The third-order valence-electron chi connectivity index (χ3n) is 3.49. The Bertz CT molecular complexity index is 508. The second-order valence-corrected chi connectivity index (χ2v) is 5.06. The van der Waals surface area contributed by atoms with Gasteiger partial charge in [0.1, 0.15) is 0 Å². The first-order chi connectivity index (χ1) is 9.20. The predicted molar refractivity (Wildman–Crippen MR) is 82.7 cm³/mol. The van der Waals surface area contributed by atoms with E-state index < -0.39 is 0 Å². The molecular formula is C17H22N2. The van der Waals surface area contributed by atoms with Crippen LogP contribution in [0.2, 0.25) is 0 Å². The van der Waals surface area contributed by atoms with Crippen molar-refractivity contribution in [2.75, 3.05) is 25.0 Å². The summed E-state index contributed by atoms with van der Waals surface area (Å²) in [7, 11) is 2.13. The molecule has 100 valence electrons. The van der Waals surface area contributed by atoms with Gasteiger partial charge in [-0.1, -0.05) is 42.5 Å². The van der Waals surface area contributed by atoms with Gasteiger partial charge in [0.05, 0.1) is 0 Å². The first-order valence-corrected chi connectivity index (χ1v) is 6.73. The normalized spacial score (nSPS) is 12.2. The molecule has 0 spiro atoms. The highest BCUT2D eigenvalue weighted by Crippen LogP contribution is 2.20. The van der Waals surface area contributed by atoms with Crippen LogP contribution in [0.15, 0.2) is 54.6 Å². The van der Waals surface area contributed by atoms with E-state index in [9.17, 15) is 0 Å². The minimum Gasteiger partial charge on any atom is -0.374 e. The lowest BCUT2D eigenvalue weighted by Crippen LogP contribution is -2.28. The fraction of sp³-hybridized carbons (Fsp3) is 0.294. The van der Waals surface area contributed by atoms with Crippen LogP contribution in [0.3, 0.4) is 0 Å². The SMILES string of the molecule is Cc1cccc(N(C)CC(CN)c2ccccc2)c1. The van der Waals surface area contributed by atoms with E-state index in [4.69, 9.17) is 5.73 Å². The molecule has 0 saturated carbocycles.